The molecular weight excluding hydrogens is 311 g/mol. The van der Waals surface area contributed by atoms with Gasteiger partial charge in [-0.25, -0.2) is 4.39 Å². The van der Waals surface area contributed by atoms with E-state index in [1.54, 1.807) is 13.0 Å². The predicted octanol–water partition coefficient (Wildman–Crippen LogP) is 3.45. The first-order valence-electron chi connectivity index (χ1n) is 6.22. The minimum atomic E-state index is -0.489. The van der Waals surface area contributed by atoms with Gasteiger partial charge in [-0.05, 0) is 25.1 Å². The molecule has 0 saturated heterocycles. The van der Waals surface area contributed by atoms with Crippen LogP contribution in [-0.2, 0) is 0 Å². The first-order valence-corrected chi connectivity index (χ1v) is 6.60. The largest absolute Gasteiger partial charge is 0.360 e. The fourth-order valence-corrected chi connectivity index (χ4v) is 1.86. The summed E-state index contributed by atoms with van der Waals surface area (Å²) in [5.41, 5.74) is 0.579. The van der Waals surface area contributed by atoms with E-state index >= 15 is 0 Å². The zero-order chi connectivity index (χ0) is 15.5. The summed E-state index contributed by atoms with van der Waals surface area (Å²) in [6.45, 7) is 1.77. The van der Waals surface area contributed by atoms with Crippen molar-refractivity contribution >= 4 is 34.9 Å². The van der Waals surface area contributed by atoms with Crippen LogP contribution in [0.2, 0.25) is 5.02 Å². The molecular formula is C13H10ClFN6O. The molecule has 0 saturated carbocycles. The lowest BCUT2D eigenvalue weighted by Gasteiger charge is -2.07. The maximum Gasteiger partial charge on any atom is 0.250 e. The maximum atomic E-state index is 13.1. The molecule has 3 aromatic rings. The van der Waals surface area contributed by atoms with Crippen molar-refractivity contribution in [1.29, 1.82) is 0 Å². The number of benzene rings is 1. The highest BCUT2D eigenvalue weighted by atomic mass is 35.5. The van der Waals surface area contributed by atoms with Crippen molar-refractivity contribution in [3.63, 3.8) is 0 Å². The lowest BCUT2D eigenvalue weighted by Crippen LogP contribution is -2.02. The molecule has 2 aromatic heterocycles. The second-order valence-electron chi connectivity index (χ2n) is 4.37. The van der Waals surface area contributed by atoms with Crippen LogP contribution in [0.5, 0.6) is 0 Å². The number of aromatic nitrogens is 4. The molecule has 0 radical (unpaired) electrons. The van der Waals surface area contributed by atoms with Gasteiger partial charge in [-0.2, -0.15) is 10.1 Å². The van der Waals surface area contributed by atoms with Gasteiger partial charge >= 0.3 is 0 Å². The lowest BCUT2D eigenvalue weighted by molar-refractivity contribution is 0.400. The number of hydrogen-bond acceptors (Lipinski definition) is 7. The average Bonchev–Trinajstić information content (AvgIpc) is 2.89. The van der Waals surface area contributed by atoms with Gasteiger partial charge in [0.05, 0.1) is 11.2 Å². The molecule has 0 fully saturated rings. The van der Waals surface area contributed by atoms with E-state index in [-0.39, 0.29) is 11.0 Å². The third kappa shape index (κ3) is 3.29. The number of nitrogens with zero attached hydrogens (tertiary/aromatic N) is 4. The second kappa shape index (κ2) is 5.94. The van der Waals surface area contributed by atoms with Gasteiger partial charge < -0.3 is 15.2 Å². The number of anilines is 4. The molecule has 0 aliphatic carbocycles. The van der Waals surface area contributed by atoms with Crippen LogP contribution < -0.4 is 10.6 Å². The topological polar surface area (TPSA) is 88.8 Å². The molecule has 1 aromatic carbocycles. The van der Waals surface area contributed by atoms with Crippen LogP contribution in [-0.4, -0.2) is 20.3 Å². The molecule has 0 spiro atoms. The molecule has 9 heteroatoms. The van der Waals surface area contributed by atoms with Crippen molar-refractivity contribution in [1.82, 2.24) is 20.3 Å². The first-order chi connectivity index (χ1) is 10.6. The Morgan fingerprint density at radius 1 is 1.18 bits per heavy atom. The summed E-state index contributed by atoms with van der Waals surface area (Å²) >= 11 is 5.73. The number of hydrogen-bond donors (Lipinski definition) is 2. The van der Waals surface area contributed by atoms with Crippen LogP contribution in [0.1, 0.15) is 5.76 Å². The van der Waals surface area contributed by atoms with Gasteiger partial charge in [-0.1, -0.05) is 16.8 Å². The Labute approximate surface area is 129 Å². The van der Waals surface area contributed by atoms with E-state index in [1.165, 1.54) is 24.4 Å². The van der Waals surface area contributed by atoms with Crippen molar-refractivity contribution in [2.75, 3.05) is 10.6 Å². The second-order valence-corrected chi connectivity index (χ2v) is 4.77. The van der Waals surface area contributed by atoms with Crippen LogP contribution in [0, 0.1) is 12.7 Å². The molecule has 112 valence electrons. The molecule has 0 aliphatic rings. The number of aryl methyl sites for hydroxylation is 1. The molecule has 22 heavy (non-hydrogen) atoms. The summed E-state index contributed by atoms with van der Waals surface area (Å²) in [6.07, 6.45) is 1.43. The van der Waals surface area contributed by atoms with E-state index in [0.29, 0.717) is 23.1 Å². The molecule has 0 bridgehead atoms. The number of rotatable bonds is 4. The zero-order valence-electron chi connectivity index (χ0n) is 11.3. The fourth-order valence-electron chi connectivity index (χ4n) is 1.68. The summed E-state index contributed by atoms with van der Waals surface area (Å²) < 4.78 is 18.1. The third-order valence-electron chi connectivity index (χ3n) is 2.62. The Morgan fingerprint density at radius 3 is 2.77 bits per heavy atom. The SMILES string of the molecule is Cc1cc(Nc2nncc(Nc3ccc(F)c(Cl)c3)n2)no1. The standard InChI is InChI=1S/C13H10ClFN6O/c1-7-4-11(21-22-7)18-13-19-12(6-16-20-13)17-8-2-3-10(15)9(14)5-8/h2-6H,1H3,(H2,17,18,19,20,21). The fraction of sp³-hybridized carbons (Fsp3) is 0.0769. The monoisotopic (exact) mass is 320 g/mol. The van der Waals surface area contributed by atoms with Gasteiger partial charge in [-0.15, -0.1) is 5.10 Å². The maximum absolute atomic E-state index is 13.1. The van der Waals surface area contributed by atoms with E-state index in [9.17, 15) is 4.39 Å². The molecule has 3 rings (SSSR count). The first kappa shape index (κ1) is 14.2. The highest BCUT2D eigenvalue weighted by Gasteiger charge is 2.06. The quantitative estimate of drug-likeness (QED) is 0.761. The van der Waals surface area contributed by atoms with Crippen LogP contribution in [0.3, 0.4) is 0 Å². The highest BCUT2D eigenvalue weighted by molar-refractivity contribution is 6.31. The summed E-state index contributed by atoms with van der Waals surface area (Å²) in [5.74, 6) is 1.30. The van der Waals surface area contributed by atoms with E-state index in [1.807, 2.05) is 0 Å². The summed E-state index contributed by atoms with van der Waals surface area (Å²) in [5, 5.41) is 17.3. The number of halogens is 2. The third-order valence-corrected chi connectivity index (χ3v) is 2.91. The molecule has 2 N–H and O–H groups in total. The molecule has 0 amide bonds. The molecule has 2 heterocycles. The number of nitrogens with one attached hydrogen (secondary N) is 2. The Balaban J connectivity index is 1.77. The van der Waals surface area contributed by atoms with Gasteiger partial charge in [0.1, 0.15) is 11.6 Å². The van der Waals surface area contributed by atoms with Crippen molar-refractivity contribution in [3.05, 3.63) is 47.1 Å². The van der Waals surface area contributed by atoms with Gasteiger partial charge in [0.15, 0.2) is 11.6 Å². The van der Waals surface area contributed by atoms with Gasteiger partial charge in [0.2, 0.25) is 5.95 Å². The van der Waals surface area contributed by atoms with E-state index in [2.05, 4.69) is 31.0 Å². The van der Waals surface area contributed by atoms with Crippen LogP contribution >= 0.6 is 11.6 Å². The Hall–Kier alpha value is -2.74. The minimum absolute atomic E-state index is 0.0171. The van der Waals surface area contributed by atoms with Crippen LogP contribution in [0.4, 0.5) is 27.7 Å². The van der Waals surface area contributed by atoms with E-state index in [0.717, 1.165) is 0 Å². The molecule has 0 unspecified atom stereocenters. The summed E-state index contributed by atoms with van der Waals surface area (Å²) in [6, 6.07) is 5.95. The predicted molar refractivity (Wildman–Crippen MR) is 79.0 cm³/mol. The average molecular weight is 321 g/mol. The molecule has 0 atom stereocenters. The highest BCUT2D eigenvalue weighted by Crippen LogP contribution is 2.22. The smallest absolute Gasteiger partial charge is 0.250 e. The normalized spacial score (nSPS) is 10.5. The summed E-state index contributed by atoms with van der Waals surface area (Å²) in [4.78, 5) is 4.21. The van der Waals surface area contributed by atoms with Crippen LogP contribution in [0.25, 0.3) is 0 Å². The zero-order valence-corrected chi connectivity index (χ0v) is 12.1. The summed E-state index contributed by atoms with van der Waals surface area (Å²) in [7, 11) is 0. The van der Waals surface area contributed by atoms with Gasteiger partial charge in [-0.3, -0.25) is 0 Å². The molecule has 7 nitrogen and oxygen atoms in total. The minimum Gasteiger partial charge on any atom is -0.360 e. The van der Waals surface area contributed by atoms with Crippen molar-refractivity contribution in [2.24, 2.45) is 0 Å². The molecule has 0 aliphatic heterocycles. The van der Waals surface area contributed by atoms with E-state index in [4.69, 9.17) is 16.1 Å². The van der Waals surface area contributed by atoms with Crippen molar-refractivity contribution < 1.29 is 8.91 Å². The van der Waals surface area contributed by atoms with E-state index < -0.39 is 5.82 Å². The Bertz CT molecular complexity index is 809. The van der Waals surface area contributed by atoms with Gasteiger partial charge in [0.25, 0.3) is 0 Å². The van der Waals surface area contributed by atoms with Crippen LogP contribution in [0.15, 0.2) is 35.0 Å². The van der Waals surface area contributed by atoms with Gasteiger partial charge in [0, 0.05) is 11.8 Å². The Morgan fingerprint density at radius 2 is 2.05 bits per heavy atom. The van der Waals surface area contributed by atoms with Crippen molar-refractivity contribution in [2.45, 2.75) is 6.92 Å². The Kier molecular flexibility index (Phi) is 3.84. The lowest BCUT2D eigenvalue weighted by atomic mass is 10.3. The van der Waals surface area contributed by atoms with Crippen molar-refractivity contribution in [3.8, 4) is 0 Å².